The van der Waals surface area contributed by atoms with Gasteiger partial charge in [0.15, 0.2) is 4.96 Å². The lowest BCUT2D eigenvalue weighted by molar-refractivity contribution is 1.16. The summed E-state index contributed by atoms with van der Waals surface area (Å²) in [5, 5.41) is 0.673. The fourth-order valence-corrected chi connectivity index (χ4v) is 3.41. The number of hydrogen-bond acceptors (Lipinski definition) is 3. The molecule has 0 aliphatic heterocycles. The molecule has 0 saturated heterocycles. The molecule has 0 unspecified atom stereocenters. The Hall–Kier alpha value is -2.20. The minimum atomic E-state index is 0.0115. The fourth-order valence-electron chi connectivity index (χ4n) is 2.38. The molecule has 0 bridgehead atoms. The lowest BCUT2D eigenvalue weighted by Crippen LogP contribution is -2.13. The Morgan fingerprint density at radius 3 is 2.89 bits per heavy atom. The van der Waals surface area contributed by atoms with Crippen molar-refractivity contribution in [3.05, 3.63) is 58.4 Å². The molecule has 0 spiro atoms. The van der Waals surface area contributed by atoms with Gasteiger partial charge in [0, 0.05) is 0 Å². The van der Waals surface area contributed by atoms with Crippen molar-refractivity contribution in [2.75, 3.05) is 0 Å². The van der Waals surface area contributed by atoms with Crippen molar-refractivity contribution in [3.63, 3.8) is 0 Å². The summed E-state index contributed by atoms with van der Waals surface area (Å²) < 4.78 is 2.79. The average Bonchev–Trinajstić information content (AvgIpc) is 2.76. The number of aryl methyl sites for hydroxylation is 1. The zero-order valence-electron chi connectivity index (χ0n) is 10.3. The Bertz CT molecular complexity index is 997. The zero-order valence-corrected chi connectivity index (χ0v) is 11.1. The van der Waals surface area contributed by atoms with Crippen LogP contribution in [-0.2, 0) is 0 Å². The first-order chi connectivity index (χ1) is 9.24. The van der Waals surface area contributed by atoms with E-state index in [0.29, 0.717) is 5.39 Å². The van der Waals surface area contributed by atoms with Crippen molar-refractivity contribution in [2.24, 2.45) is 0 Å². The van der Waals surface area contributed by atoms with Gasteiger partial charge in [-0.05, 0) is 36.8 Å². The van der Waals surface area contributed by atoms with E-state index in [1.54, 1.807) is 15.7 Å². The molecule has 2 aromatic heterocycles. The first-order valence-corrected chi connectivity index (χ1v) is 6.86. The molecule has 4 heteroatoms. The zero-order chi connectivity index (χ0) is 13.0. The van der Waals surface area contributed by atoms with Crippen molar-refractivity contribution < 1.29 is 0 Å². The maximum absolute atomic E-state index is 12.6. The largest absolute Gasteiger partial charge is 0.268 e. The van der Waals surface area contributed by atoms with E-state index in [4.69, 9.17) is 0 Å². The summed E-state index contributed by atoms with van der Waals surface area (Å²) in [7, 11) is 0. The van der Waals surface area contributed by atoms with E-state index in [1.807, 2.05) is 49.4 Å². The Kier molecular flexibility index (Phi) is 2.05. The molecule has 0 aliphatic carbocycles. The number of para-hydroxylation sites is 1. The smallest absolute Gasteiger partial charge is 0.266 e. The monoisotopic (exact) mass is 266 g/mol. The maximum atomic E-state index is 12.6. The van der Waals surface area contributed by atoms with E-state index < -0.39 is 0 Å². The molecule has 2 aromatic carbocycles. The molecule has 0 fully saturated rings. The van der Waals surface area contributed by atoms with Crippen molar-refractivity contribution in [1.82, 2.24) is 9.38 Å². The number of benzene rings is 2. The van der Waals surface area contributed by atoms with Crippen LogP contribution in [0.3, 0.4) is 0 Å². The molecule has 0 atom stereocenters. The molecule has 0 saturated carbocycles. The van der Waals surface area contributed by atoms with Crippen LogP contribution in [0.25, 0.3) is 26.1 Å². The predicted molar refractivity (Wildman–Crippen MR) is 79.1 cm³/mol. The second kappa shape index (κ2) is 3.65. The van der Waals surface area contributed by atoms with Gasteiger partial charge < -0.3 is 0 Å². The maximum Gasteiger partial charge on any atom is 0.266 e. The van der Waals surface area contributed by atoms with Gasteiger partial charge in [0.25, 0.3) is 5.56 Å². The Labute approximate surface area is 112 Å². The summed E-state index contributed by atoms with van der Waals surface area (Å²) in [4.78, 5) is 18.0. The van der Waals surface area contributed by atoms with Crippen molar-refractivity contribution >= 4 is 37.4 Å². The molecule has 0 amide bonds. The summed E-state index contributed by atoms with van der Waals surface area (Å²) >= 11 is 1.55. The van der Waals surface area contributed by atoms with Gasteiger partial charge in [-0.1, -0.05) is 29.5 Å². The van der Waals surface area contributed by atoms with Gasteiger partial charge in [-0.3, -0.25) is 9.20 Å². The number of nitrogens with zero attached hydrogens (tertiary/aromatic N) is 2. The molecular weight excluding hydrogens is 256 g/mol. The van der Waals surface area contributed by atoms with Crippen LogP contribution >= 0.6 is 11.3 Å². The van der Waals surface area contributed by atoms with Crippen LogP contribution in [0.15, 0.2) is 47.3 Å². The molecule has 2 heterocycles. The van der Waals surface area contributed by atoms with Gasteiger partial charge in [0.1, 0.15) is 0 Å². The van der Waals surface area contributed by atoms with Gasteiger partial charge in [-0.15, -0.1) is 0 Å². The van der Waals surface area contributed by atoms with Crippen LogP contribution in [0.1, 0.15) is 5.56 Å². The number of rotatable bonds is 0. The summed E-state index contributed by atoms with van der Waals surface area (Å²) in [5.74, 6) is 0. The Morgan fingerprint density at radius 1 is 1.16 bits per heavy atom. The standard InChI is InChI=1S/C15H10N2OS/c1-9-6-7-10-11(8-9)16-15-17(14(10)18)12-4-2-3-5-13(12)19-15/h2-8H,1H3. The van der Waals surface area contributed by atoms with Crippen LogP contribution < -0.4 is 5.56 Å². The van der Waals surface area contributed by atoms with E-state index >= 15 is 0 Å². The third-order valence-electron chi connectivity index (χ3n) is 3.30. The third-order valence-corrected chi connectivity index (χ3v) is 4.32. The highest BCUT2D eigenvalue weighted by molar-refractivity contribution is 7.23. The topological polar surface area (TPSA) is 34.4 Å². The fraction of sp³-hybridized carbons (Fsp3) is 0.0667. The highest BCUT2D eigenvalue weighted by Gasteiger charge is 2.10. The Morgan fingerprint density at radius 2 is 2.00 bits per heavy atom. The van der Waals surface area contributed by atoms with Crippen LogP contribution in [0.2, 0.25) is 0 Å². The van der Waals surface area contributed by atoms with E-state index in [1.165, 1.54) is 0 Å². The van der Waals surface area contributed by atoms with Crippen LogP contribution in [-0.4, -0.2) is 9.38 Å². The van der Waals surface area contributed by atoms with E-state index in [2.05, 4.69) is 4.98 Å². The van der Waals surface area contributed by atoms with Crippen LogP contribution in [0, 0.1) is 6.92 Å². The molecule has 0 N–H and O–H groups in total. The van der Waals surface area contributed by atoms with Crippen molar-refractivity contribution in [2.45, 2.75) is 6.92 Å². The number of thiazole rings is 1. The van der Waals surface area contributed by atoms with Gasteiger partial charge in [0.05, 0.1) is 21.1 Å². The molecule has 19 heavy (non-hydrogen) atoms. The average molecular weight is 266 g/mol. The van der Waals surface area contributed by atoms with E-state index in [-0.39, 0.29) is 5.56 Å². The van der Waals surface area contributed by atoms with Gasteiger partial charge in [-0.2, -0.15) is 0 Å². The van der Waals surface area contributed by atoms with Crippen molar-refractivity contribution in [1.29, 1.82) is 0 Å². The molecule has 0 radical (unpaired) electrons. The summed E-state index contributed by atoms with van der Waals surface area (Å²) in [6.45, 7) is 2.01. The second-order valence-electron chi connectivity index (χ2n) is 4.63. The first kappa shape index (κ1) is 10.7. The predicted octanol–water partition coefficient (Wildman–Crippen LogP) is 3.37. The van der Waals surface area contributed by atoms with E-state index in [9.17, 15) is 4.79 Å². The summed E-state index contributed by atoms with van der Waals surface area (Å²) in [6, 6.07) is 13.7. The number of fused-ring (bicyclic) bond motifs is 4. The summed E-state index contributed by atoms with van der Waals surface area (Å²) in [5.41, 5.74) is 2.83. The lowest BCUT2D eigenvalue weighted by Gasteiger charge is -2.00. The first-order valence-electron chi connectivity index (χ1n) is 6.05. The highest BCUT2D eigenvalue weighted by Crippen LogP contribution is 2.24. The number of hydrogen-bond donors (Lipinski definition) is 0. The highest BCUT2D eigenvalue weighted by atomic mass is 32.1. The van der Waals surface area contributed by atoms with Gasteiger partial charge >= 0.3 is 0 Å². The van der Waals surface area contributed by atoms with Crippen LogP contribution in [0.5, 0.6) is 0 Å². The van der Waals surface area contributed by atoms with E-state index in [0.717, 1.165) is 26.3 Å². The molecule has 92 valence electrons. The van der Waals surface area contributed by atoms with Crippen LogP contribution in [0.4, 0.5) is 0 Å². The SMILES string of the molecule is Cc1ccc2c(=O)n3c(nc2c1)sc1ccccc13. The normalized spacial score (nSPS) is 11.6. The minimum Gasteiger partial charge on any atom is -0.268 e. The quantitative estimate of drug-likeness (QED) is 0.489. The molecule has 3 nitrogen and oxygen atoms in total. The third kappa shape index (κ3) is 1.43. The van der Waals surface area contributed by atoms with Crippen molar-refractivity contribution in [3.8, 4) is 0 Å². The Balaban J connectivity index is 2.34. The lowest BCUT2D eigenvalue weighted by atomic mass is 10.2. The second-order valence-corrected chi connectivity index (χ2v) is 5.63. The minimum absolute atomic E-state index is 0.0115. The molecule has 4 rings (SSSR count). The molecule has 0 aliphatic rings. The van der Waals surface area contributed by atoms with Gasteiger partial charge in [0.2, 0.25) is 0 Å². The molecule has 4 aromatic rings. The molecular formula is C15H10N2OS. The summed E-state index contributed by atoms with van der Waals surface area (Å²) in [6.07, 6.45) is 0. The number of aromatic nitrogens is 2. The van der Waals surface area contributed by atoms with Gasteiger partial charge in [-0.25, -0.2) is 4.98 Å².